The Bertz CT molecular complexity index is 651. The molecule has 1 aromatic heterocycles. The average Bonchev–Trinajstić information content (AvgIpc) is 2.93. The van der Waals surface area contributed by atoms with E-state index in [1.807, 2.05) is 24.1 Å². The molecule has 7 nitrogen and oxygen atoms in total. The van der Waals surface area contributed by atoms with E-state index in [2.05, 4.69) is 16.0 Å². The van der Waals surface area contributed by atoms with Gasteiger partial charge < -0.3 is 14.5 Å². The third kappa shape index (κ3) is 4.08. The molecule has 0 spiro atoms. The van der Waals surface area contributed by atoms with Crippen LogP contribution in [0.15, 0.2) is 18.3 Å². The summed E-state index contributed by atoms with van der Waals surface area (Å²) in [6, 6.07) is 3.72. The van der Waals surface area contributed by atoms with E-state index in [1.54, 1.807) is 4.90 Å². The van der Waals surface area contributed by atoms with Crippen molar-refractivity contribution in [2.45, 2.75) is 38.6 Å². The summed E-state index contributed by atoms with van der Waals surface area (Å²) in [5, 5.41) is 0. The third-order valence-corrected chi connectivity index (χ3v) is 5.25. The first kappa shape index (κ1) is 18.5. The topological polar surface area (TPSA) is 66.0 Å². The van der Waals surface area contributed by atoms with Gasteiger partial charge in [-0.15, -0.1) is 0 Å². The lowest BCUT2D eigenvalue weighted by Gasteiger charge is -2.36. The van der Waals surface area contributed by atoms with Gasteiger partial charge in [-0.3, -0.25) is 14.7 Å². The van der Waals surface area contributed by atoms with Crippen LogP contribution in [0.3, 0.4) is 0 Å². The minimum Gasteiger partial charge on any atom is -0.453 e. The van der Waals surface area contributed by atoms with Gasteiger partial charge in [-0.2, -0.15) is 0 Å². The molecular weight excluding hydrogens is 332 g/mol. The highest BCUT2D eigenvalue weighted by atomic mass is 16.5. The Labute approximate surface area is 154 Å². The molecule has 26 heavy (non-hydrogen) atoms. The molecule has 2 aliphatic rings. The number of likely N-dealkylation sites (tertiary alicyclic amines) is 1. The van der Waals surface area contributed by atoms with E-state index in [4.69, 9.17) is 4.74 Å². The van der Waals surface area contributed by atoms with Crippen LogP contribution in [0.2, 0.25) is 0 Å². The molecule has 142 valence electrons. The summed E-state index contributed by atoms with van der Waals surface area (Å²) in [5.74, 6) is 0.0582. The van der Waals surface area contributed by atoms with E-state index in [1.165, 1.54) is 7.11 Å². The van der Waals surface area contributed by atoms with Gasteiger partial charge in [0.2, 0.25) is 5.91 Å². The molecule has 2 fully saturated rings. The number of piperidine rings is 1. The van der Waals surface area contributed by atoms with Crippen molar-refractivity contribution in [3.8, 4) is 0 Å². The van der Waals surface area contributed by atoms with E-state index in [0.29, 0.717) is 13.1 Å². The Kier molecular flexibility index (Phi) is 5.96. The predicted octanol–water partition coefficient (Wildman–Crippen LogP) is 2.05. The second kappa shape index (κ2) is 8.38. The molecule has 2 amide bonds. The highest BCUT2D eigenvalue weighted by molar-refractivity contribution is 5.86. The van der Waals surface area contributed by atoms with Crippen molar-refractivity contribution in [2.75, 3.05) is 44.7 Å². The maximum Gasteiger partial charge on any atom is 0.410 e. The molecule has 3 rings (SSSR count). The van der Waals surface area contributed by atoms with Gasteiger partial charge in [0, 0.05) is 50.3 Å². The molecule has 0 N–H and O–H groups in total. The van der Waals surface area contributed by atoms with Crippen LogP contribution in [-0.4, -0.2) is 72.7 Å². The first-order chi connectivity index (χ1) is 12.6. The monoisotopic (exact) mass is 360 g/mol. The summed E-state index contributed by atoms with van der Waals surface area (Å²) in [4.78, 5) is 35.2. The van der Waals surface area contributed by atoms with Gasteiger partial charge >= 0.3 is 6.09 Å². The lowest BCUT2D eigenvalue weighted by molar-refractivity contribution is -0.137. The fourth-order valence-corrected chi connectivity index (χ4v) is 3.86. The van der Waals surface area contributed by atoms with Crippen LogP contribution in [0, 0.1) is 6.92 Å². The minimum absolute atomic E-state index is 0.0582. The second-order valence-electron chi connectivity index (χ2n) is 7.00. The number of aromatic nitrogens is 1. The minimum atomic E-state index is -0.397. The Morgan fingerprint density at radius 1 is 1.12 bits per heavy atom. The molecule has 0 bridgehead atoms. The SMILES string of the molecule is COC(=O)N1CCCC[C@H]1C(=O)N1CCCN(c2ccnc(C)c2)CC1. The summed E-state index contributed by atoms with van der Waals surface area (Å²) < 4.78 is 4.87. The van der Waals surface area contributed by atoms with Gasteiger partial charge in [-0.05, 0) is 44.7 Å². The lowest BCUT2D eigenvalue weighted by Crippen LogP contribution is -2.53. The number of rotatable bonds is 2. The van der Waals surface area contributed by atoms with Crippen LogP contribution in [0.1, 0.15) is 31.4 Å². The van der Waals surface area contributed by atoms with Crippen molar-refractivity contribution in [3.05, 3.63) is 24.0 Å². The van der Waals surface area contributed by atoms with Crippen molar-refractivity contribution >= 4 is 17.7 Å². The number of pyridine rings is 1. The zero-order valence-corrected chi connectivity index (χ0v) is 15.7. The molecule has 1 atom stereocenters. The first-order valence-corrected chi connectivity index (χ1v) is 9.41. The average molecular weight is 360 g/mol. The maximum absolute atomic E-state index is 13.1. The maximum atomic E-state index is 13.1. The molecule has 7 heteroatoms. The molecular formula is C19H28N4O3. The van der Waals surface area contributed by atoms with Crippen LogP contribution in [0.4, 0.5) is 10.5 Å². The molecule has 0 saturated carbocycles. The molecule has 0 aliphatic carbocycles. The highest BCUT2D eigenvalue weighted by Gasteiger charge is 2.35. The van der Waals surface area contributed by atoms with Crippen molar-refractivity contribution in [3.63, 3.8) is 0 Å². The van der Waals surface area contributed by atoms with Crippen LogP contribution in [0.25, 0.3) is 0 Å². The number of carbonyl (C=O) groups excluding carboxylic acids is 2. The zero-order chi connectivity index (χ0) is 18.5. The lowest BCUT2D eigenvalue weighted by atomic mass is 10.0. The van der Waals surface area contributed by atoms with Crippen LogP contribution < -0.4 is 4.90 Å². The van der Waals surface area contributed by atoms with Crippen LogP contribution >= 0.6 is 0 Å². The standard InChI is InChI=1S/C19H28N4O3/c1-15-14-16(7-8-20-15)21-9-5-10-22(13-12-21)18(24)17-6-3-4-11-23(17)19(25)26-2/h7-8,14,17H,3-6,9-13H2,1-2H3/t17-/m0/s1. The van der Waals surface area contributed by atoms with Gasteiger partial charge in [-0.25, -0.2) is 4.79 Å². The highest BCUT2D eigenvalue weighted by Crippen LogP contribution is 2.22. The van der Waals surface area contributed by atoms with Crippen molar-refractivity contribution in [2.24, 2.45) is 0 Å². The summed E-state index contributed by atoms with van der Waals surface area (Å²) in [7, 11) is 1.37. The fraction of sp³-hybridized carbons (Fsp3) is 0.632. The fourth-order valence-electron chi connectivity index (χ4n) is 3.86. The number of amides is 2. The van der Waals surface area contributed by atoms with Gasteiger partial charge in [0.25, 0.3) is 0 Å². The van der Waals surface area contributed by atoms with Crippen molar-refractivity contribution in [1.29, 1.82) is 0 Å². The predicted molar refractivity (Wildman–Crippen MR) is 99.1 cm³/mol. The Balaban J connectivity index is 1.66. The Morgan fingerprint density at radius 3 is 2.73 bits per heavy atom. The van der Waals surface area contributed by atoms with E-state index < -0.39 is 6.09 Å². The van der Waals surface area contributed by atoms with Crippen molar-refractivity contribution < 1.29 is 14.3 Å². The van der Waals surface area contributed by atoms with E-state index in [0.717, 1.165) is 56.7 Å². The number of nitrogens with zero attached hydrogens (tertiary/aromatic N) is 4. The first-order valence-electron chi connectivity index (χ1n) is 9.41. The van der Waals surface area contributed by atoms with Crippen LogP contribution in [-0.2, 0) is 9.53 Å². The molecule has 0 radical (unpaired) electrons. The molecule has 3 heterocycles. The number of hydrogen-bond donors (Lipinski definition) is 0. The summed E-state index contributed by atoms with van der Waals surface area (Å²) in [5.41, 5.74) is 2.15. The van der Waals surface area contributed by atoms with E-state index >= 15 is 0 Å². The molecule has 0 aromatic carbocycles. The Hall–Kier alpha value is -2.31. The summed E-state index contributed by atoms with van der Waals surface area (Å²) >= 11 is 0. The van der Waals surface area contributed by atoms with Gasteiger partial charge in [0.15, 0.2) is 0 Å². The normalized spacial score (nSPS) is 21.3. The van der Waals surface area contributed by atoms with Gasteiger partial charge in [0.05, 0.1) is 7.11 Å². The number of aryl methyl sites for hydroxylation is 1. The molecule has 1 aromatic rings. The number of anilines is 1. The smallest absolute Gasteiger partial charge is 0.410 e. The number of hydrogen-bond acceptors (Lipinski definition) is 5. The van der Waals surface area contributed by atoms with Gasteiger partial charge in [0.1, 0.15) is 6.04 Å². The molecule has 2 saturated heterocycles. The Morgan fingerprint density at radius 2 is 1.96 bits per heavy atom. The van der Waals surface area contributed by atoms with E-state index in [9.17, 15) is 9.59 Å². The number of carbonyl (C=O) groups is 2. The van der Waals surface area contributed by atoms with E-state index in [-0.39, 0.29) is 11.9 Å². The largest absolute Gasteiger partial charge is 0.453 e. The molecule has 0 unspecified atom stereocenters. The van der Waals surface area contributed by atoms with Gasteiger partial charge in [-0.1, -0.05) is 0 Å². The summed E-state index contributed by atoms with van der Waals surface area (Å²) in [6.07, 6.45) is 4.96. The van der Waals surface area contributed by atoms with Crippen molar-refractivity contribution in [1.82, 2.24) is 14.8 Å². The summed E-state index contributed by atoms with van der Waals surface area (Å²) in [6.45, 7) is 5.69. The molecule has 2 aliphatic heterocycles. The third-order valence-electron chi connectivity index (χ3n) is 5.25. The number of methoxy groups -OCH3 is 1. The zero-order valence-electron chi connectivity index (χ0n) is 15.7. The number of ether oxygens (including phenoxy) is 1. The quantitative estimate of drug-likeness (QED) is 0.808. The van der Waals surface area contributed by atoms with Crippen LogP contribution in [0.5, 0.6) is 0 Å². The second-order valence-corrected chi connectivity index (χ2v) is 7.00.